The second kappa shape index (κ2) is 50.9. The molecule has 3 aromatic carbocycles. The molecule has 3 aliphatic rings. The summed E-state index contributed by atoms with van der Waals surface area (Å²) in [5.41, 5.74) is 19.8. The van der Waals surface area contributed by atoms with Crippen LogP contribution in [0, 0.1) is 5.41 Å². The number of amides is 18. The standard InChI is InChI=1S/C91H127N25O20S/c1-9-11-25-69-83(129)105-61(24-17-33-97-91(94)95)79(125)111-68(78(124)100-44-74(120)102-49(3)76(93)122)46-137-47-75(121)104-64(36-52-29-31-56(118)32-30-52)87(133)112(6)51(5)77(123)108-66(40-73(92)119)89(135)116-35-19-28-71(116)85(131)107-63(39-55-43-96-48-101-55)80(126)103-50(4)86(132)115-34-18-27-70(115)84(130)106-62(37-53-41-98-59-22-15-13-20-57(53)59)81(127)110-67(45-117)82(128)109-65(38-54-42-99-60-23-16-14-21-58(54)60)88(134)114(8)72(26-12-10-2)90(136)113(69)7/h13-16,20-23,29-32,41-43,48-51,61-72,98-99,117-118H,9-12,17-19,24-28,33-40,44-47H2,1-8H3,(H2,92,119)(H2,93,122)(H,96,101)(H,100,124)(H,102,120)(H,103,126)(H,104,121)(H,105,129)(H,106,130)(H,107,131)(H,108,123)(H,109,128)(H,110,127)(H,111,125)(H4,94,95,97)/t49-,50-,51-,61-,62-,63-,64-,65-,66-,67-,68-,69-,70-,71-,72-/m0/s1. The fourth-order valence-corrected chi connectivity index (χ4v) is 17.5. The number of aliphatic hydroxyl groups excluding tert-OH is 1. The van der Waals surface area contributed by atoms with Gasteiger partial charge in [-0.3, -0.25) is 91.7 Å². The molecule has 6 aromatic rings. The van der Waals surface area contributed by atoms with Crippen molar-refractivity contribution < 1.29 is 96.5 Å². The third kappa shape index (κ3) is 29.6. The summed E-state index contributed by atoms with van der Waals surface area (Å²) in [5, 5.41) is 62.0. The highest BCUT2D eigenvalue weighted by atomic mass is 32.2. The van der Waals surface area contributed by atoms with E-state index in [0.717, 1.165) is 31.4 Å². The summed E-state index contributed by atoms with van der Waals surface area (Å²) in [7, 11) is 3.89. The summed E-state index contributed by atoms with van der Waals surface area (Å²) >= 11 is 0.734. The second-order valence-electron chi connectivity index (χ2n) is 34.5. The van der Waals surface area contributed by atoms with E-state index in [0.29, 0.717) is 69.9 Å². The Balaban J connectivity index is 1.09. The van der Waals surface area contributed by atoms with E-state index in [2.05, 4.69) is 83.7 Å². The predicted octanol–water partition coefficient (Wildman–Crippen LogP) is -3.42. The number of nitrogens with two attached hydrogens (primary N) is 3. The van der Waals surface area contributed by atoms with Crippen molar-refractivity contribution >= 4 is 146 Å². The third-order valence-corrected chi connectivity index (χ3v) is 25.5. The summed E-state index contributed by atoms with van der Waals surface area (Å²) in [6.07, 6.45) is 5.86. The van der Waals surface area contributed by atoms with Crippen molar-refractivity contribution in [3.8, 4) is 5.75 Å². The maximum atomic E-state index is 15.8. The maximum absolute atomic E-state index is 15.8. The normalized spacial score (nSPS) is 24.2. The Morgan fingerprint density at radius 3 is 1.64 bits per heavy atom. The van der Waals surface area contributed by atoms with Crippen molar-refractivity contribution in [2.24, 2.45) is 17.2 Å². The summed E-state index contributed by atoms with van der Waals surface area (Å²) in [6.45, 7) is 5.53. The number of nitrogens with zero attached hydrogens (tertiary/aromatic N) is 6. The van der Waals surface area contributed by atoms with Crippen molar-refractivity contribution in [2.45, 2.75) is 234 Å². The molecule has 9 rings (SSSR count). The van der Waals surface area contributed by atoms with Crippen LogP contribution in [0.2, 0.25) is 0 Å². The lowest BCUT2D eigenvalue weighted by molar-refractivity contribution is -0.149. The number of hydrogen-bond donors (Lipinski definition) is 21. The minimum absolute atomic E-state index is 0.00427. The minimum Gasteiger partial charge on any atom is -0.508 e. The van der Waals surface area contributed by atoms with Gasteiger partial charge in [-0.05, 0) is 113 Å². The van der Waals surface area contributed by atoms with Crippen LogP contribution in [0.15, 0.2) is 97.7 Å². The number of para-hydroxylation sites is 2. The molecule has 137 heavy (non-hydrogen) atoms. The number of thioether (sulfide) groups is 1. The van der Waals surface area contributed by atoms with Crippen LogP contribution >= 0.6 is 11.8 Å². The monoisotopic (exact) mass is 1920 g/mol. The second-order valence-corrected chi connectivity index (χ2v) is 35.6. The number of phenolic OH excluding ortho intramolecular Hbond substituents is 1. The number of imidazole rings is 1. The van der Waals surface area contributed by atoms with Gasteiger partial charge < -0.3 is 131 Å². The van der Waals surface area contributed by atoms with E-state index in [1.807, 2.05) is 13.8 Å². The van der Waals surface area contributed by atoms with Crippen LogP contribution in [0.3, 0.4) is 0 Å². The molecule has 3 saturated heterocycles. The lowest BCUT2D eigenvalue weighted by Gasteiger charge is -2.36. The number of H-pyrrole nitrogens is 3. The highest BCUT2D eigenvalue weighted by Crippen LogP contribution is 2.27. The molecule has 45 nitrogen and oxygen atoms in total. The Morgan fingerprint density at radius 1 is 0.540 bits per heavy atom. The van der Waals surface area contributed by atoms with E-state index in [9.17, 15) is 63.0 Å². The molecule has 0 unspecified atom stereocenters. The van der Waals surface area contributed by atoms with Gasteiger partial charge in [0, 0.05) is 118 Å². The zero-order valence-corrected chi connectivity index (χ0v) is 78.8. The largest absolute Gasteiger partial charge is 0.508 e. The van der Waals surface area contributed by atoms with Crippen LogP contribution < -0.4 is 81.0 Å². The van der Waals surface area contributed by atoms with Gasteiger partial charge in [-0.1, -0.05) is 88.1 Å². The summed E-state index contributed by atoms with van der Waals surface area (Å²) in [4.78, 5) is 282. The van der Waals surface area contributed by atoms with Crippen molar-refractivity contribution in [1.82, 2.24) is 108 Å². The first-order valence-electron chi connectivity index (χ1n) is 45.7. The number of nitrogens with one attached hydrogen (secondary N) is 16. The first-order chi connectivity index (χ1) is 65.3. The number of fused-ring (bicyclic) bond motifs is 4. The quantitative estimate of drug-likeness (QED) is 0.0143. The molecule has 0 spiro atoms. The summed E-state index contributed by atoms with van der Waals surface area (Å²) in [6, 6.07) is -3.03. The molecule has 742 valence electrons. The highest BCUT2D eigenvalue weighted by molar-refractivity contribution is 8.00. The molecule has 0 bridgehead atoms. The van der Waals surface area contributed by atoms with Crippen LogP contribution in [0.4, 0.5) is 0 Å². The van der Waals surface area contributed by atoms with Gasteiger partial charge in [0.05, 0.1) is 31.7 Å². The van der Waals surface area contributed by atoms with Gasteiger partial charge >= 0.3 is 0 Å². The lowest BCUT2D eigenvalue weighted by atomic mass is 10.00. The number of aromatic nitrogens is 4. The van der Waals surface area contributed by atoms with Gasteiger partial charge in [0.25, 0.3) is 0 Å². The van der Waals surface area contributed by atoms with Gasteiger partial charge in [-0.25, -0.2) is 4.98 Å². The molecule has 15 atom stereocenters. The van der Waals surface area contributed by atoms with Crippen LogP contribution in [-0.4, -0.2) is 323 Å². The van der Waals surface area contributed by atoms with Crippen LogP contribution in [0.5, 0.6) is 5.75 Å². The summed E-state index contributed by atoms with van der Waals surface area (Å²) in [5.74, 6) is -18.4. The van der Waals surface area contributed by atoms with E-state index in [1.165, 1.54) is 83.6 Å². The molecule has 18 amide bonds. The number of likely N-dealkylation sites (N-methyl/N-ethyl adjacent to an activating group) is 3. The first kappa shape index (κ1) is 106. The number of guanidine groups is 1. The number of benzene rings is 3. The Morgan fingerprint density at radius 2 is 1.06 bits per heavy atom. The molecule has 24 N–H and O–H groups in total. The number of carbonyl (C=O) groups excluding carboxylic acids is 18. The molecule has 0 saturated carbocycles. The molecular formula is C91H127N25O20S. The number of unbranched alkanes of at least 4 members (excludes halogenated alkanes) is 2. The van der Waals surface area contributed by atoms with Crippen molar-refractivity contribution in [1.29, 1.82) is 5.41 Å². The molecule has 0 radical (unpaired) electrons. The van der Waals surface area contributed by atoms with Gasteiger partial charge in [0.2, 0.25) is 106 Å². The highest BCUT2D eigenvalue weighted by Gasteiger charge is 2.45. The molecule has 0 aliphatic carbocycles. The fraction of sp³-hybridized carbons (Fsp3) is 0.516. The molecule has 3 fully saturated rings. The number of aromatic hydroxyl groups is 1. The number of aliphatic hydroxyl groups is 1. The molecule has 6 heterocycles. The Kier molecular flexibility index (Phi) is 39.6. The van der Waals surface area contributed by atoms with Crippen molar-refractivity contribution in [2.75, 3.05) is 65.4 Å². The molecule has 3 aliphatic heterocycles. The number of rotatable bonds is 26. The average Bonchev–Trinajstić information content (AvgIpc) is 1.69. The van der Waals surface area contributed by atoms with E-state index in [-0.39, 0.29) is 102 Å². The maximum Gasteiger partial charge on any atom is 0.246 e. The molecule has 46 heteroatoms. The van der Waals surface area contributed by atoms with Crippen LogP contribution in [-0.2, 0) is 112 Å². The number of carbonyl (C=O) groups is 18. The van der Waals surface area contributed by atoms with E-state index in [4.69, 9.17) is 22.6 Å². The first-order valence-corrected chi connectivity index (χ1v) is 46.9. The van der Waals surface area contributed by atoms with Crippen LogP contribution in [0.25, 0.3) is 21.8 Å². The van der Waals surface area contributed by atoms with Crippen molar-refractivity contribution in [3.63, 3.8) is 0 Å². The van der Waals surface area contributed by atoms with E-state index >= 15 is 33.6 Å². The number of aromatic amines is 3. The predicted molar refractivity (Wildman–Crippen MR) is 502 cm³/mol. The molecular weight excluding hydrogens is 1800 g/mol. The number of phenols is 1. The molecule has 3 aromatic heterocycles. The SMILES string of the molecule is CCCC[C@H]1C(=O)N(C)[C@@H](CCCC)C(=O)N[C@@H](CCCNC(=N)N)C(=O)N[C@H](C(=O)NCC(=O)N[C@@H](C)C(N)=O)CSCC(=O)N[C@@H](Cc2ccc(O)cc2)C(=O)N(C)[C@@H](C)C(=O)N[C@@H](CC(N)=O)C(=O)N2CCC[C@H]2C(=O)N[C@@H](Cc2cnc[nH]2)C(=O)N[C@@H](C)C(=O)N2CCC[C@H]2C(=O)N[C@@H](Cc2c[nH]c3ccccc23)C(=O)N[C@@H](CO)C(=O)N[C@@H](Cc2c[nH]c3ccccc23)C(=O)N1C. The zero-order chi connectivity index (χ0) is 100. The fourth-order valence-electron chi connectivity index (χ4n) is 16.6. The number of primary amides is 2. The Hall–Kier alpha value is -14.2. The van der Waals surface area contributed by atoms with Gasteiger partial charge in [-0.15, -0.1) is 11.8 Å². The minimum atomic E-state index is -1.86. The topological polar surface area (TPSA) is 670 Å². The summed E-state index contributed by atoms with van der Waals surface area (Å²) < 4.78 is 0. The van der Waals surface area contributed by atoms with Gasteiger partial charge in [-0.2, -0.15) is 0 Å². The van der Waals surface area contributed by atoms with Crippen LogP contribution in [0.1, 0.15) is 140 Å². The van der Waals surface area contributed by atoms with E-state index < -0.39 is 234 Å². The zero-order valence-electron chi connectivity index (χ0n) is 77.9. The lowest BCUT2D eigenvalue weighted by Crippen LogP contribution is -2.61. The third-order valence-electron chi connectivity index (χ3n) is 24.5. The van der Waals surface area contributed by atoms with Gasteiger partial charge in [0.1, 0.15) is 96.4 Å². The Bertz CT molecular complexity index is 5320. The average molecular weight is 1920 g/mol. The van der Waals surface area contributed by atoms with Gasteiger partial charge in [0.15, 0.2) is 5.96 Å². The van der Waals surface area contributed by atoms with E-state index in [1.54, 1.807) is 60.9 Å². The number of hydrogen-bond acceptors (Lipinski definition) is 23. The smallest absolute Gasteiger partial charge is 0.246 e. The Labute approximate surface area is 795 Å². The van der Waals surface area contributed by atoms with Crippen molar-refractivity contribution in [3.05, 3.63) is 120 Å².